The van der Waals surface area contributed by atoms with Gasteiger partial charge in [0.2, 0.25) is 5.82 Å². The van der Waals surface area contributed by atoms with Gasteiger partial charge >= 0.3 is 0 Å². The summed E-state index contributed by atoms with van der Waals surface area (Å²) in [6, 6.07) is 11.4. The zero-order chi connectivity index (χ0) is 17.4. The summed E-state index contributed by atoms with van der Waals surface area (Å²) in [4.78, 5) is 14.7. The zero-order valence-corrected chi connectivity index (χ0v) is 13.4. The maximum atomic E-state index is 10.9. The molecular formula is C17H10ClN3O4. The zero-order valence-electron chi connectivity index (χ0n) is 12.7. The molecule has 8 heteroatoms. The van der Waals surface area contributed by atoms with Crippen molar-refractivity contribution in [2.24, 2.45) is 0 Å². The first-order valence-electron chi connectivity index (χ1n) is 7.32. The van der Waals surface area contributed by atoms with E-state index in [2.05, 4.69) is 10.1 Å². The normalized spacial score (nSPS) is 12.9. The molecule has 1 aliphatic rings. The second-order valence-electron chi connectivity index (χ2n) is 5.37. The Morgan fingerprint density at radius 2 is 2.08 bits per heavy atom. The van der Waals surface area contributed by atoms with Crippen LogP contribution in [0.3, 0.4) is 0 Å². The average molecular weight is 356 g/mol. The summed E-state index contributed by atoms with van der Waals surface area (Å²) in [6.07, 6.45) is 1.88. The fourth-order valence-electron chi connectivity index (χ4n) is 2.50. The largest absolute Gasteiger partial charge is 0.488 e. The van der Waals surface area contributed by atoms with Crippen LogP contribution in [0.5, 0.6) is 5.75 Å². The summed E-state index contributed by atoms with van der Waals surface area (Å²) in [5.41, 5.74) is 2.00. The van der Waals surface area contributed by atoms with Crippen molar-refractivity contribution >= 4 is 28.9 Å². The van der Waals surface area contributed by atoms with Crippen LogP contribution in [-0.4, -0.2) is 21.7 Å². The molecule has 124 valence electrons. The number of hydrogen-bond acceptors (Lipinski definition) is 6. The number of non-ortho nitro benzene ring substituents is 1. The summed E-state index contributed by atoms with van der Waals surface area (Å²) in [6.45, 7) is 0.294. The van der Waals surface area contributed by atoms with Gasteiger partial charge in [0.25, 0.3) is 11.6 Å². The van der Waals surface area contributed by atoms with Gasteiger partial charge in [0.1, 0.15) is 12.4 Å². The molecule has 0 bridgehead atoms. The van der Waals surface area contributed by atoms with Gasteiger partial charge in [0, 0.05) is 33.9 Å². The van der Waals surface area contributed by atoms with Gasteiger partial charge in [-0.15, -0.1) is 0 Å². The van der Waals surface area contributed by atoms with Crippen molar-refractivity contribution < 1.29 is 14.2 Å². The van der Waals surface area contributed by atoms with E-state index in [1.54, 1.807) is 30.3 Å². The molecule has 1 aromatic heterocycles. The molecule has 7 nitrogen and oxygen atoms in total. The Morgan fingerprint density at radius 3 is 2.92 bits per heavy atom. The lowest BCUT2D eigenvalue weighted by Gasteiger charge is -2.16. The van der Waals surface area contributed by atoms with Crippen molar-refractivity contribution in [1.29, 1.82) is 0 Å². The highest BCUT2D eigenvalue weighted by Gasteiger charge is 2.19. The van der Waals surface area contributed by atoms with Crippen molar-refractivity contribution in [2.45, 2.75) is 0 Å². The molecule has 0 fully saturated rings. The third-order valence-corrected chi connectivity index (χ3v) is 3.94. The Hall–Kier alpha value is -3.19. The Kier molecular flexibility index (Phi) is 3.70. The van der Waals surface area contributed by atoms with E-state index in [1.165, 1.54) is 12.1 Å². The highest BCUT2D eigenvalue weighted by Crippen LogP contribution is 2.32. The molecule has 0 aliphatic carbocycles. The highest BCUT2D eigenvalue weighted by molar-refractivity contribution is 6.30. The van der Waals surface area contributed by atoms with Crippen LogP contribution in [0.25, 0.3) is 23.1 Å². The molecule has 25 heavy (non-hydrogen) atoms. The number of ether oxygens (including phenoxy) is 1. The maximum absolute atomic E-state index is 10.9. The summed E-state index contributed by atoms with van der Waals surface area (Å²) < 4.78 is 10.9. The molecule has 0 radical (unpaired) electrons. The summed E-state index contributed by atoms with van der Waals surface area (Å²) in [5, 5.41) is 15.4. The van der Waals surface area contributed by atoms with Crippen LogP contribution in [0.2, 0.25) is 5.02 Å². The standard InChI is InChI=1S/C17H10ClN3O4/c18-13-4-5-15-11(7-13)6-12(9-24-15)16-19-17(25-20-16)10-2-1-3-14(8-10)21(22)23/h1-8H,9H2. The van der Waals surface area contributed by atoms with E-state index in [0.717, 1.165) is 16.9 Å². The number of nitrogens with zero attached hydrogens (tertiary/aromatic N) is 3. The van der Waals surface area contributed by atoms with E-state index in [4.69, 9.17) is 20.9 Å². The van der Waals surface area contributed by atoms with E-state index >= 15 is 0 Å². The lowest BCUT2D eigenvalue weighted by Crippen LogP contribution is -2.07. The number of nitro groups is 1. The smallest absolute Gasteiger partial charge is 0.270 e. The van der Waals surface area contributed by atoms with Gasteiger partial charge in [-0.05, 0) is 30.3 Å². The number of rotatable bonds is 3. The first-order valence-corrected chi connectivity index (χ1v) is 7.70. The molecule has 2 heterocycles. The SMILES string of the molecule is O=[N+]([O-])c1cccc(-c2nc(C3=Cc4cc(Cl)ccc4OC3)no2)c1. The minimum atomic E-state index is -0.473. The maximum Gasteiger partial charge on any atom is 0.270 e. The summed E-state index contributed by atoms with van der Waals surface area (Å²) >= 11 is 6.01. The van der Waals surface area contributed by atoms with Crippen LogP contribution in [0.15, 0.2) is 47.0 Å². The van der Waals surface area contributed by atoms with E-state index < -0.39 is 4.92 Å². The fourth-order valence-corrected chi connectivity index (χ4v) is 2.68. The molecule has 0 atom stereocenters. The Balaban J connectivity index is 1.68. The van der Waals surface area contributed by atoms with Gasteiger partial charge in [0.15, 0.2) is 0 Å². The van der Waals surface area contributed by atoms with Crippen molar-refractivity contribution in [3.63, 3.8) is 0 Å². The molecule has 3 aromatic rings. The number of fused-ring (bicyclic) bond motifs is 1. The van der Waals surface area contributed by atoms with E-state index in [-0.39, 0.29) is 11.6 Å². The predicted molar refractivity (Wildman–Crippen MR) is 91.2 cm³/mol. The second kappa shape index (κ2) is 6.03. The van der Waals surface area contributed by atoms with E-state index in [1.807, 2.05) is 6.08 Å². The second-order valence-corrected chi connectivity index (χ2v) is 5.81. The Bertz CT molecular complexity index is 1010. The number of benzene rings is 2. The number of hydrogen-bond donors (Lipinski definition) is 0. The third kappa shape index (κ3) is 2.97. The molecule has 4 rings (SSSR count). The molecule has 0 saturated heterocycles. The quantitative estimate of drug-likeness (QED) is 0.515. The first kappa shape index (κ1) is 15.3. The molecule has 0 unspecified atom stereocenters. The van der Waals surface area contributed by atoms with Gasteiger partial charge in [0.05, 0.1) is 4.92 Å². The lowest BCUT2D eigenvalue weighted by molar-refractivity contribution is -0.384. The van der Waals surface area contributed by atoms with Crippen LogP contribution in [-0.2, 0) is 0 Å². The van der Waals surface area contributed by atoms with Crippen molar-refractivity contribution in [1.82, 2.24) is 10.1 Å². The van der Waals surface area contributed by atoms with Crippen LogP contribution < -0.4 is 4.74 Å². The van der Waals surface area contributed by atoms with Gasteiger partial charge < -0.3 is 9.26 Å². The van der Waals surface area contributed by atoms with Gasteiger partial charge in [-0.3, -0.25) is 10.1 Å². The monoisotopic (exact) mass is 355 g/mol. The molecule has 0 spiro atoms. The molecule has 0 saturated carbocycles. The number of aromatic nitrogens is 2. The van der Waals surface area contributed by atoms with Crippen molar-refractivity contribution in [3.05, 3.63) is 69.0 Å². The minimum absolute atomic E-state index is 0.0407. The van der Waals surface area contributed by atoms with Crippen LogP contribution in [0.4, 0.5) is 5.69 Å². The van der Waals surface area contributed by atoms with Gasteiger partial charge in [-0.25, -0.2) is 0 Å². The molecule has 1 aliphatic heterocycles. The van der Waals surface area contributed by atoms with Gasteiger partial charge in [-0.2, -0.15) is 4.98 Å². The number of nitro benzene ring substituents is 1. The third-order valence-electron chi connectivity index (χ3n) is 3.70. The predicted octanol–water partition coefficient (Wildman–Crippen LogP) is 4.23. The topological polar surface area (TPSA) is 91.3 Å². The summed E-state index contributed by atoms with van der Waals surface area (Å²) in [5.74, 6) is 1.30. The van der Waals surface area contributed by atoms with Crippen LogP contribution >= 0.6 is 11.6 Å². The minimum Gasteiger partial charge on any atom is -0.488 e. The number of halogens is 1. The molecule has 0 N–H and O–H groups in total. The average Bonchev–Trinajstić information content (AvgIpc) is 3.11. The van der Waals surface area contributed by atoms with Crippen molar-refractivity contribution in [3.8, 4) is 17.2 Å². The highest BCUT2D eigenvalue weighted by atomic mass is 35.5. The Morgan fingerprint density at radius 1 is 1.20 bits per heavy atom. The van der Waals surface area contributed by atoms with Crippen LogP contribution in [0.1, 0.15) is 11.4 Å². The lowest BCUT2D eigenvalue weighted by atomic mass is 10.1. The van der Waals surface area contributed by atoms with Gasteiger partial charge in [-0.1, -0.05) is 22.8 Å². The van der Waals surface area contributed by atoms with Crippen molar-refractivity contribution in [2.75, 3.05) is 6.61 Å². The van der Waals surface area contributed by atoms with E-state index in [9.17, 15) is 10.1 Å². The fraction of sp³-hybridized carbons (Fsp3) is 0.0588. The molecule has 2 aromatic carbocycles. The van der Waals surface area contributed by atoms with E-state index in [0.29, 0.717) is 23.0 Å². The summed E-state index contributed by atoms with van der Waals surface area (Å²) in [7, 11) is 0. The first-order chi connectivity index (χ1) is 12.1. The molecular weight excluding hydrogens is 346 g/mol. The molecule has 0 amide bonds. The van der Waals surface area contributed by atoms with Crippen LogP contribution in [0, 0.1) is 10.1 Å². The Labute approximate surface area is 146 Å².